The highest BCUT2D eigenvalue weighted by atomic mass is 16.3. The largest absolute Gasteiger partial charge is 0.395 e. The van der Waals surface area contributed by atoms with Crippen molar-refractivity contribution in [2.24, 2.45) is 5.92 Å². The number of carbonyl (C=O) groups excluding carboxylic acids is 1. The Labute approximate surface area is 167 Å². The van der Waals surface area contributed by atoms with Gasteiger partial charge in [0.25, 0.3) is 0 Å². The number of unbranched alkanes of at least 4 members (excludes halogenated alkanes) is 3. The fraction of sp³-hybridized carbons (Fsp3) is 0.625. The van der Waals surface area contributed by atoms with Gasteiger partial charge in [-0.05, 0) is 44.9 Å². The van der Waals surface area contributed by atoms with Crippen LogP contribution in [0.5, 0.6) is 0 Å². The summed E-state index contributed by atoms with van der Waals surface area (Å²) in [5, 5.41) is 8.87. The van der Waals surface area contributed by atoms with Crippen LogP contribution in [-0.2, 0) is 4.79 Å². The fourth-order valence-electron chi connectivity index (χ4n) is 2.67. The van der Waals surface area contributed by atoms with Crippen LogP contribution in [0.15, 0.2) is 48.6 Å². The number of aliphatic hydroxyl groups is 1. The molecule has 0 aromatic rings. The Bertz CT molecular complexity index is 463. The number of hydrogen-bond acceptors (Lipinski definition) is 2. The molecule has 3 heteroatoms. The third-order valence-electron chi connectivity index (χ3n) is 4.46. The second kappa shape index (κ2) is 19.2. The molecule has 0 aliphatic carbocycles. The maximum Gasteiger partial charge on any atom is 0.225 e. The lowest BCUT2D eigenvalue weighted by molar-refractivity contribution is -0.134. The Morgan fingerprint density at radius 1 is 0.889 bits per heavy atom. The SMILES string of the molecule is CCCCC/C=C\C/C=C\C/C=C\C/C=C\CCC(C)C(=O)N(C)CCO. The molecule has 0 radical (unpaired) electrons. The molecular formula is C24H41NO2. The first-order valence-corrected chi connectivity index (χ1v) is 10.6. The Hall–Kier alpha value is -1.61. The monoisotopic (exact) mass is 375 g/mol. The van der Waals surface area contributed by atoms with Crippen molar-refractivity contribution < 1.29 is 9.90 Å². The lowest BCUT2D eigenvalue weighted by Crippen LogP contribution is -2.33. The van der Waals surface area contributed by atoms with E-state index in [2.05, 4.69) is 55.5 Å². The topological polar surface area (TPSA) is 40.5 Å². The van der Waals surface area contributed by atoms with E-state index in [1.54, 1.807) is 11.9 Å². The zero-order valence-corrected chi connectivity index (χ0v) is 17.8. The first-order valence-electron chi connectivity index (χ1n) is 10.6. The first kappa shape index (κ1) is 25.4. The minimum absolute atomic E-state index is 0.00701. The Kier molecular flexibility index (Phi) is 18.0. The fourth-order valence-corrected chi connectivity index (χ4v) is 2.67. The maximum atomic E-state index is 12.0. The second-order valence-electron chi connectivity index (χ2n) is 7.05. The number of allylic oxidation sites excluding steroid dienone is 8. The highest BCUT2D eigenvalue weighted by Crippen LogP contribution is 2.09. The van der Waals surface area contributed by atoms with Gasteiger partial charge in [0.1, 0.15) is 0 Å². The quantitative estimate of drug-likeness (QED) is 0.272. The molecule has 27 heavy (non-hydrogen) atoms. The van der Waals surface area contributed by atoms with Gasteiger partial charge in [-0.1, -0.05) is 75.3 Å². The van der Waals surface area contributed by atoms with E-state index in [1.807, 2.05) is 6.92 Å². The first-order chi connectivity index (χ1) is 13.1. The second-order valence-corrected chi connectivity index (χ2v) is 7.05. The number of aliphatic hydroxyl groups excluding tert-OH is 1. The minimum Gasteiger partial charge on any atom is -0.395 e. The Balaban J connectivity index is 3.67. The van der Waals surface area contributed by atoms with Crippen LogP contribution in [-0.4, -0.2) is 36.1 Å². The summed E-state index contributed by atoms with van der Waals surface area (Å²) in [7, 11) is 1.74. The molecule has 1 N–H and O–H groups in total. The van der Waals surface area contributed by atoms with E-state index in [0.717, 1.165) is 32.1 Å². The molecule has 0 rings (SSSR count). The van der Waals surface area contributed by atoms with Crippen molar-refractivity contribution in [1.82, 2.24) is 4.90 Å². The average Bonchev–Trinajstić information content (AvgIpc) is 2.67. The molecule has 0 spiro atoms. The van der Waals surface area contributed by atoms with Crippen molar-refractivity contribution in [3.05, 3.63) is 48.6 Å². The third-order valence-corrected chi connectivity index (χ3v) is 4.46. The maximum absolute atomic E-state index is 12.0. The van der Waals surface area contributed by atoms with Crippen LogP contribution in [0, 0.1) is 5.92 Å². The van der Waals surface area contributed by atoms with Crippen LogP contribution in [0.25, 0.3) is 0 Å². The van der Waals surface area contributed by atoms with Gasteiger partial charge >= 0.3 is 0 Å². The summed E-state index contributed by atoms with van der Waals surface area (Å²) >= 11 is 0. The van der Waals surface area contributed by atoms with Crippen molar-refractivity contribution >= 4 is 5.91 Å². The van der Waals surface area contributed by atoms with Crippen molar-refractivity contribution in [2.75, 3.05) is 20.2 Å². The smallest absolute Gasteiger partial charge is 0.225 e. The number of rotatable bonds is 16. The van der Waals surface area contributed by atoms with E-state index >= 15 is 0 Å². The number of amides is 1. The summed E-state index contributed by atoms with van der Waals surface area (Å²) in [6.45, 7) is 4.62. The summed E-state index contributed by atoms with van der Waals surface area (Å²) < 4.78 is 0. The molecule has 0 saturated heterocycles. The predicted molar refractivity (Wildman–Crippen MR) is 118 cm³/mol. The number of carbonyl (C=O) groups is 1. The molecule has 0 fully saturated rings. The summed E-state index contributed by atoms with van der Waals surface area (Å²) in [4.78, 5) is 13.6. The summed E-state index contributed by atoms with van der Waals surface area (Å²) in [6.07, 6.45) is 27.5. The van der Waals surface area contributed by atoms with Crippen LogP contribution in [0.4, 0.5) is 0 Å². The molecule has 0 aliphatic rings. The molecule has 1 atom stereocenters. The minimum atomic E-state index is 0.00701. The van der Waals surface area contributed by atoms with E-state index in [4.69, 9.17) is 5.11 Å². The van der Waals surface area contributed by atoms with Gasteiger partial charge in [-0.2, -0.15) is 0 Å². The average molecular weight is 376 g/mol. The van der Waals surface area contributed by atoms with Crippen LogP contribution in [0.3, 0.4) is 0 Å². The van der Waals surface area contributed by atoms with Crippen LogP contribution in [0.1, 0.15) is 71.6 Å². The third kappa shape index (κ3) is 16.3. The summed E-state index contributed by atoms with van der Waals surface area (Å²) in [5.74, 6) is 0.118. The van der Waals surface area contributed by atoms with E-state index in [9.17, 15) is 4.79 Å². The van der Waals surface area contributed by atoms with Gasteiger partial charge in [-0.15, -0.1) is 0 Å². The Morgan fingerprint density at radius 3 is 1.93 bits per heavy atom. The van der Waals surface area contributed by atoms with Gasteiger partial charge in [0, 0.05) is 19.5 Å². The lowest BCUT2D eigenvalue weighted by atomic mass is 10.0. The van der Waals surface area contributed by atoms with Gasteiger partial charge in [-0.3, -0.25) is 4.79 Å². The molecule has 0 aromatic carbocycles. The van der Waals surface area contributed by atoms with Crippen LogP contribution in [0.2, 0.25) is 0 Å². The molecule has 0 saturated carbocycles. The van der Waals surface area contributed by atoms with E-state index in [0.29, 0.717) is 6.54 Å². The molecule has 3 nitrogen and oxygen atoms in total. The van der Waals surface area contributed by atoms with Gasteiger partial charge in [-0.25, -0.2) is 0 Å². The van der Waals surface area contributed by atoms with Crippen molar-refractivity contribution in [2.45, 2.75) is 71.6 Å². The van der Waals surface area contributed by atoms with Gasteiger partial charge in [0.05, 0.1) is 6.61 Å². The molecule has 1 amide bonds. The van der Waals surface area contributed by atoms with Gasteiger partial charge in [0.2, 0.25) is 5.91 Å². The molecular weight excluding hydrogens is 334 g/mol. The predicted octanol–water partition coefficient (Wildman–Crippen LogP) is 5.83. The van der Waals surface area contributed by atoms with Crippen molar-refractivity contribution in [3.8, 4) is 0 Å². The zero-order chi connectivity index (χ0) is 20.2. The number of nitrogens with zero attached hydrogens (tertiary/aromatic N) is 1. The van der Waals surface area contributed by atoms with E-state index < -0.39 is 0 Å². The van der Waals surface area contributed by atoms with E-state index in [-0.39, 0.29) is 18.4 Å². The van der Waals surface area contributed by atoms with Crippen LogP contribution >= 0.6 is 0 Å². The molecule has 1 unspecified atom stereocenters. The number of hydrogen-bond donors (Lipinski definition) is 1. The van der Waals surface area contributed by atoms with Gasteiger partial charge < -0.3 is 10.0 Å². The van der Waals surface area contributed by atoms with Crippen molar-refractivity contribution in [1.29, 1.82) is 0 Å². The number of likely N-dealkylation sites (N-methyl/N-ethyl adjacent to an activating group) is 1. The van der Waals surface area contributed by atoms with Crippen LogP contribution < -0.4 is 0 Å². The molecule has 0 aromatic heterocycles. The molecule has 154 valence electrons. The molecule has 0 heterocycles. The molecule has 0 aliphatic heterocycles. The molecule has 0 bridgehead atoms. The standard InChI is InChI=1S/C24H41NO2/c1-4-5-6-7-8-9-10-11-12-13-14-15-16-17-18-19-20-23(2)24(27)25(3)21-22-26/h8-9,11-12,14-15,17-18,23,26H,4-7,10,13,16,19-22H2,1-3H3/b9-8-,12-11-,15-14-,18-17-. The van der Waals surface area contributed by atoms with E-state index in [1.165, 1.54) is 25.7 Å². The Morgan fingerprint density at radius 2 is 1.41 bits per heavy atom. The highest BCUT2D eigenvalue weighted by molar-refractivity contribution is 5.78. The van der Waals surface area contributed by atoms with Gasteiger partial charge in [0.15, 0.2) is 0 Å². The highest BCUT2D eigenvalue weighted by Gasteiger charge is 2.15. The summed E-state index contributed by atoms with van der Waals surface area (Å²) in [6, 6.07) is 0. The lowest BCUT2D eigenvalue weighted by Gasteiger charge is -2.19. The normalized spacial score (nSPS) is 13.5. The zero-order valence-electron chi connectivity index (χ0n) is 17.8. The van der Waals surface area contributed by atoms with Crippen molar-refractivity contribution in [3.63, 3.8) is 0 Å². The summed E-state index contributed by atoms with van der Waals surface area (Å²) in [5.41, 5.74) is 0.